The highest BCUT2D eigenvalue weighted by Gasteiger charge is 2.34. The van der Waals surface area contributed by atoms with Crippen LogP contribution in [0.1, 0.15) is 38.7 Å². The molecule has 2 fully saturated rings. The topological polar surface area (TPSA) is 45.7 Å². The van der Waals surface area contributed by atoms with Crippen molar-refractivity contribution < 1.29 is 5.11 Å². The van der Waals surface area contributed by atoms with Crippen LogP contribution in [0.5, 0.6) is 0 Å². The van der Waals surface area contributed by atoms with Crippen molar-refractivity contribution in [3.63, 3.8) is 0 Å². The van der Waals surface area contributed by atoms with Crippen LogP contribution >= 0.6 is 0 Å². The van der Waals surface area contributed by atoms with E-state index >= 15 is 0 Å². The van der Waals surface area contributed by atoms with Gasteiger partial charge in [0.25, 0.3) is 0 Å². The van der Waals surface area contributed by atoms with Gasteiger partial charge in [-0.1, -0.05) is 18.2 Å². The molecule has 28 heavy (non-hydrogen) atoms. The number of piperazine rings is 1. The van der Waals surface area contributed by atoms with Crippen LogP contribution in [0, 0.1) is 0 Å². The quantitative estimate of drug-likeness (QED) is 0.804. The molecule has 1 atom stereocenters. The van der Waals surface area contributed by atoms with Crippen LogP contribution < -0.4 is 0 Å². The maximum absolute atomic E-state index is 9.68. The lowest BCUT2D eigenvalue weighted by Crippen LogP contribution is -2.58. The Balaban J connectivity index is 1.39. The first-order valence-corrected chi connectivity index (χ1v) is 11.0. The van der Waals surface area contributed by atoms with Crippen LogP contribution in [-0.4, -0.2) is 82.2 Å². The summed E-state index contributed by atoms with van der Waals surface area (Å²) in [6, 6.07) is 10.4. The zero-order valence-corrected chi connectivity index (χ0v) is 17.5. The zero-order valence-electron chi connectivity index (χ0n) is 17.5. The van der Waals surface area contributed by atoms with E-state index in [1.165, 1.54) is 42.4 Å². The highest BCUT2D eigenvalue weighted by molar-refractivity contribution is 5.82. The molecule has 2 aliphatic heterocycles. The lowest BCUT2D eigenvalue weighted by Gasteiger charge is -2.48. The molecule has 154 valence electrons. The number of piperidine rings is 1. The summed E-state index contributed by atoms with van der Waals surface area (Å²) in [6.07, 6.45) is 5.58. The largest absolute Gasteiger partial charge is 0.396 e. The lowest BCUT2D eigenvalue weighted by atomic mass is 9.97. The monoisotopic (exact) mass is 384 g/mol. The number of hydrogen-bond donors (Lipinski definition) is 2. The summed E-state index contributed by atoms with van der Waals surface area (Å²) in [7, 11) is 0. The van der Waals surface area contributed by atoms with Gasteiger partial charge < -0.3 is 15.0 Å². The van der Waals surface area contributed by atoms with Crippen LogP contribution in [-0.2, 0) is 6.54 Å². The standard InChI is InChI=1S/C23H36N4O/c1-18(2)26-10-7-20(8-11-26)27-13-12-25(17-21(27)9-14-28)16-19-15-24-23-6-4-3-5-22(19)23/h3-6,15,18,20-21,24,28H,7-14,16-17H2,1-2H3/t21-/m1/s1. The third-order valence-corrected chi connectivity index (χ3v) is 6.84. The zero-order chi connectivity index (χ0) is 19.5. The van der Waals surface area contributed by atoms with Gasteiger partial charge in [0.05, 0.1) is 0 Å². The van der Waals surface area contributed by atoms with Gasteiger partial charge in [0.1, 0.15) is 0 Å². The number of aliphatic hydroxyl groups excluding tert-OH is 1. The van der Waals surface area contributed by atoms with Crippen molar-refractivity contribution in [3.8, 4) is 0 Å². The van der Waals surface area contributed by atoms with E-state index in [0.717, 1.165) is 32.6 Å². The van der Waals surface area contributed by atoms with Gasteiger partial charge in [-0.05, 0) is 57.8 Å². The highest BCUT2D eigenvalue weighted by Crippen LogP contribution is 2.26. The van der Waals surface area contributed by atoms with E-state index in [1.807, 2.05) is 0 Å². The molecule has 0 amide bonds. The third-order valence-electron chi connectivity index (χ3n) is 6.84. The molecule has 3 heterocycles. The normalized spacial score (nSPS) is 23.8. The van der Waals surface area contributed by atoms with Gasteiger partial charge in [-0.25, -0.2) is 0 Å². The van der Waals surface area contributed by atoms with E-state index < -0.39 is 0 Å². The first-order valence-electron chi connectivity index (χ1n) is 11.0. The van der Waals surface area contributed by atoms with E-state index in [2.05, 4.69) is 64.0 Å². The summed E-state index contributed by atoms with van der Waals surface area (Å²) in [5.74, 6) is 0. The average molecular weight is 385 g/mol. The Hall–Kier alpha value is -1.40. The molecule has 0 saturated carbocycles. The SMILES string of the molecule is CC(C)N1CCC(N2CCN(Cc3c[nH]c4ccccc34)C[C@H]2CCO)CC1. The number of rotatable bonds is 6. The molecular weight excluding hydrogens is 348 g/mol. The molecule has 0 bridgehead atoms. The van der Waals surface area contributed by atoms with Gasteiger partial charge in [0.15, 0.2) is 0 Å². The molecule has 0 aliphatic carbocycles. The number of nitrogens with one attached hydrogen (secondary N) is 1. The van der Waals surface area contributed by atoms with Crippen LogP contribution in [0.15, 0.2) is 30.5 Å². The molecule has 1 aromatic carbocycles. The Morgan fingerprint density at radius 1 is 1.11 bits per heavy atom. The van der Waals surface area contributed by atoms with Gasteiger partial charge in [0, 0.05) is 68.0 Å². The number of H-pyrrole nitrogens is 1. The van der Waals surface area contributed by atoms with Crippen molar-refractivity contribution in [3.05, 3.63) is 36.0 Å². The second kappa shape index (κ2) is 8.95. The minimum absolute atomic E-state index is 0.285. The number of para-hydroxylation sites is 1. The number of hydrogen-bond acceptors (Lipinski definition) is 4. The molecule has 1 aromatic heterocycles. The Kier molecular flexibility index (Phi) is 6.36. The fourth-order valence-electron chi connectivity index (χ4n) is 5.20. The number of fused-ring (bicyclic) bond motifs is 1. The van der Waals surface area contributed by atoms with Crippen molar-refractivity contribution >= 4 is 10.9 Å². The predicted molar refractivity (Wildman–Crippen MR) is 116 cm³/mol. The van der Waals surface area contributed by atoms with Crippen molar-refractivity contribution in [1.82, 2.24) is 19.7 Å². The predicted octanol–water partition coefficient (Wildman–Crippen LogP) is 2.91. The van der Waals surface area contributed by atoms with Crippen LogP contribution in [0.25, 0.3) is 10.9 Å². The number of nitrogens with zero attached hydrogens (tertiary/aromatic N) is 3. The van der Waals surface area contributed by atoms with Gasteiger partial charge in [0.2, 0.25) is 0 Å². The summed E-state index contributed by atoms with van der Waals surface area (Å²) in [5, 5.41) is 11.0. The Labute approximate surface area is 169 Å². The van der Waals surface area contributed by atoms with E-state index in [0.29, 0.717) is 18.1 Å². The summed E-state index contributed by atoms with van der Waals surface area (Å²) in [4.78, 5) is 11.3. The van der Waals surface area contributed by atoms with Crippen molar-refractivity contribution in [2.24, 2.45) is 0 Å². The summed E-state index contributed by atoms with van der Waals surface area (Å²) < 4.78 is 0. The maximum Gasteiger partial charge on any atom is 0.0457 e. The smallest absolute Gasteiger partial charge is 0.0457 e. The number of benzene rings is 1. The minimum atomic E-state index is 0.285. The van der Waals surface area contributed by atoms with Crippen molar-refractivity contribution in [2.75, 3.05) is 39.3 Å². The van der Waals surface area contributed by atoms with Crippen molar-refractivity contribution in [1.29, 1.82) is 0 Å². The van der Waals surface area contributed by atoms with Gasteiger partial charge >= 0.3 is 0 Å². The van der Waals surface area contributed by atoms with Gasteiger partial charge in [-0.2, -0.15) is 0 Å². The summed E-state index contributed by atoms with van der Waals surface area (Å²) in [6.45, 7) is 11.6. The first-order chi connectivity index (χ1) is 13.7. The molecule has 4 rings (SSSR count). The molecule has 5 heteroatoms. The number of aliphatic hydroxyl groups is 1. The second-order valence-electron chi connectivity index (χ2n) is 8.86. The maximum atomic E-state index is 9.68. The van der Waals surface area contributed by atoms with Crippen LogP contribution in [0.2, 0.25) is 0 Å². The second-order valence-corrected chi connectivity index (χ2v) is 8.86. The lowest BCUT2D eigenvalue weighted by molar-refractivity contribution is 0.0000743. The minimum Gasteiger partial charge on any atom is -0.396 e. The number of aromatic nitrogens is 1. The summed E-state index contributed by atoms with van der Waals surface area (Å²) in [5.41, 5.74) is 2.61. The fourth-order valence-corrected chi connectivity index (χ4v) is 5.20. The molecular formula is C23H36N4O. The molecule has 0 radical (unpaired) electrons. The van der Waals surface area contributed by atoms with Crippen molar-refractivity contribution in [2.45, 2.75) is 57.8 Å². The molecule has 0 spiro atoms. The van der Waals surface area contributed by atoms with E-state index in [4.69, 9.17) is 0 Å². The molecule has 2 aromatic rings. The first kappa shape index (κ1) is 19.9. The van der Waals surface area contributed by atoms with E-state index in [-0.39, 0.29) is 6.61 Å². The molecule has 0 unspecified atom stereocenters. The Morgan fingerprint density at radius 3 is 2.64 bits per heavy atom. The molecule has 2 saturated heterocycles. The molecule has 2 N–H and O–H groups in total. The molecule has 5 nitrogen and oxygen atoms in total. The van der Waals surface area contributed by atoms with Gasteiger partial charge in [-0.15, -0.1) is 0 Å². The summed E-state index contributed by atoms with van der Waals surface area (Å²) >= 11 is 0. The third kappa shape index (κ3) is 4.28. The van der Waals surface area contributed by atoms with E-state index in [1.54, 1.807) is 0 Å². The average Bonchev–Trinajstić information content (AvgIpc) is 3.12. The number of aromatic amines is 1. The highest BCUT2D eigenvalue weighted by atomic mass is 16.3. The fraction of sp³-hybridized carbons (Fsp3) is 0.652. The molecule has 2 aliphatic rings. The Bertz CT molecular complexity index is 750. The Morgan fingerprint density at radius 2 is 1.89 bits per heavy atom. The number of likely N-dealkylation sites (tertiary alicyclic amines) is 1. The van der Waals surface area contributed by atoms with Crippen LogP contribution in [0.3, 0.4) is 0 Å². The van der Waals surface area contributed by atoms with E-state index in [9.17, 15) is 5.11 Å². The van der Waals surface area contributed by atoms with Crippen LogP contribution in [0.4, 0.5) is 0 Å². The van der Waals surface area contributed by atoms with Gasteiger partial charge in [-0.3, -0.25) is 9.80 Å².